The van der Waals surface area contributed by atoms with Gasteiger partial charge >= 0.3 is 0 Å². The Hall–Kier alpha value is -0.760. The van der Waals surface area contributed by atoms with Crippen molar-refractivity contribution in [3.05, 3.63) is 22.8 Å². The van der Waals surface area contributed by atoms with Crippen LogP contribution in [0.5, 0.6) is 0 Å². The van der Waals surface area contributed by atoms with Crippen LogP contribution in [0.2, 0.25) is 0 Å². The topological polar surface area (TPSA) is 92.4 Å². The van der Waals surface area contributed by atoms with Gasteiger partial charge in [-0.25, -0.2) is 13.1 Å². The van der Waals surface area contributed by atoms with E-state index in [0.717, 1.165) is 23.3 Å². The summed E-state index contributed by atoms with van der Waals surface area (Å²) in [6, 6.07) is 1.80. The average Bonchev–Trinajstić information content (AvgIpc) is 2.40. The van der Waals surface area contributed by atoms with Gasteiger partial charge in [-0.2, -0.15) is 11.8 Å². The highest BCUT2D eigenvalue weighted by Gasteiger charge is 2.21. The number of aliphatic hydroxyl groups is 1. The zero-order valence-corrected chi connectivity index (χ0v) is 14.4. The van der Waals surface area contributed by atoms with E-state index in [1.807, 2.05) is 6.92 Å². The van der Waals surface area contributed by atoms with E-state index >= 15 is 0 Å². The predicted octanol–water partition coefficient (Wildman–Crippen LogP) is 1.59. The van der Waals surface area contributed by atoms with Crippen LogP contribution >= 0.6 is 11.8 Å². The second-order valence-electron chi connectivity index (χ2n) is 4.95. The van der Waals surface area contributed by atoms with Gasteiger partial charge in [0.2, 0.25) is 10.0 Å². The van der Waals surface area contributed by atoms with Crippen molar-refractivity contribution in [3.8, 4) is 0 Å². The Morgan fingerprint density at radius 3 is 2.52 bits per heavy atom. The molecule has 0 fully saturated rings. The molecule has 21 heavy (non-hydrogen) atoms. The van der Waals surface area contributed by atoms with E-state index in [1.165, 1.54) is 0 Å². The van der Waals surface area contributed by atoms with Gasteiger partial charge in [-0.1, -0.05) is 0 Å². The van der Waals surface area contributed by atoms with Crippen molar-refractivity contribution in [1.29, 1.82) is 0 Å². The minimum absolute atomic E-state index is 0.166. The number of nitrogens with one attached hydrogen (secondary N) is 1. The summed E-state index contributed by atoms with van der Waals surface area (Å²) in [7, 11) is -3.55. The van der Waals surface area contributed by atoms with Crippen LogP contribution in [-0.4, -0.2) is 38.2 Å². The van der Waals surface area contributed by atoms with Crippen molar-refractivity contribution in [1.82, 2.24) is 4.72 Å². The minimum atomic E-state index is -3.55. The van der Waals surface area contributed by atoms with Crippen LogP contribution in [0.15, 0.2) is 11.0 Å². The highest BCUT2D eigenvalue weighted by molar-refractivity contribution is 7.99. The van der Waals surface area contributed by atoms with Crippen LogP contribution < -0.4 is 10.5 Å². The Morgan fingerprint density at radius 2 is 1.90 bits per heavy atom. The fraction of sp³-hybridized carbons (Fsp3) is 0.571. The van der Waals surface area contributed by atoms with Crippen LogP contribution in [0.3, 0.4) is 0 Å². The monoisotopic (exact) mass is 332 g/mol. The molecule has 0 aliphatic rings. The van der Waals surface area contributed by atoms with Crippen molar-refractivity contribution < 1.29 is 13.5 Å². The number of aliphatic hydroxyl groups excluding tert-OH is 1. The zero-order chi connectivity index (χ0) is 16.0. The summed E-state index contributed by atoms with van der Waals surface area (Å²) >= 11 is 1.62. The molecular weight excluding hydrogens is 308 g/mol. The van der Waals surface area contributed by atoms with Crippen LogP contribution in [0.1, 0.15) is 23.1 Å². The molecule has 0 aromatic heterocycles. The molecule has 5 nitrogen and oxygen atoms in total. The first kappa shape index (κ1) is 18.3. The lowest BCUT2D eigenvalue weighted by Crippen LogP contribution is -2.28. The molecule has 120 valence electrons. The second-order valence-corrected chi connectivity index (χ2v) is 7.88. The van der Waals surface area contributed by atoms with Gasteiger partial charge < -0.3 is 10.8 Å². The molecule has 0 radical (unpaired) electrons. The number of hydrogen-bond acceptors (Lipinski definition) is 5. The Bertz CT molecular complexity index is 560. The fourth-order valence-corrected chi connectivity index (χ4v) is 4.55. The normalized spacial score (nSPS) is 11.8. The number of rotatable bonds is 8. The van der Waals surface area contributed by atoms with Crippen molar-refractivity contribution in [2.45, 2.75) is 32.1 Å². The molecule has 0 saturated heterocycles. The van der Waals surface area contributed by atoms with Crippen LogP contribution in [0.4, 0.5) is 5.69 Å². The maximum Gasteiger partial charge on any atom is 0.241 e. The maximum absolute atomic E-state index is 12.5. The van der Waals surface area contributed by atoms with E-state index < -0.39 is 10.0 Å². The summed E-state index contributed by atoms with van der Waals surface area (Å²) in [5.74, 6) is 1.51. The van der Waals surface area contributed by atoms with Gasteiger partial charge in [-0.05, 0) is 55.7 Å². The molecular formula is C14H24N2O3S2. The lowest BCUT2D eigenvalue weighted by Gasteiger charge is -2.15. The molecule has 1 aromatic carbocycles. The standard InChI is InChI=1S/C14H24N2O3S2/c1-10-9-13(15)12(3)14(11(10)2)21(18,19)16-5-8-20-7-4-6-17/h9,16-17H,4-8,15H2,1-3H3. The average molecular weight is 332 g/mol. The molecule has 0 saturated carbocycles. The van der Waals surface area contributed by atoms with Gasteiger partial charge in [-0.3, -0.25) is 0 Å². The third kappa shape index (κ3) is 4.88. The third-order valence-electron chi connectivity index (χ3n) is 3.33. The number of hydrogen-bond donors (Lipinski definition) is 3. The molecule has 4 N–H and O–H groups in total. The molecule has 0 aliphatic heterocycles. The maximum atomic E-state index is 12.5. The Balaban J connectivity index is 2.80. The zero-order valence-electron chi connectivity index (χ0n) is 12.8. The van der Waals surface area contributed by atoms with E-state index in [4.69, 9.17) is 10.8 Å². The quantitative estimate of drug-likeness (QED) is 0.496. The van der Waals surface area contributed by atoms with Gasteiger partial charge in [0, 0.05) is 24.6 Å². The molecule has 0 heterocycles. The number of thioether (sulfide) groups is 1. The first-order chi connectivity index (χ1) is 9.81. The van der Waals surface area contributed by atoms with Gasteiger partial charge in [0.15, 0.2) is 0 Å². The largest absolute Gasteiger partial charge is 0.398 e. The van der Waals surface area contributed by atoms with Crippen LogP contribution in [0.25, 0.3) is 0 Å². The molecule has 0 bridgehead atoms. The highest BCUT2D eigenvalue weighted by Crippen LogP contribution is 2.27. The van der Waals surface area contributed by atoms with Gasteiger partial charge in [0.25, 0.3) is 0 Å². The third-order valence-corrected chi connectivity index (χ3v) is 6.14. The van der Waals surface area contributed by atoms with E-state index in [2.05, 4.69) is 4.72 Å². The number of benzene rings is 1. The van der Waals surface area contributed by atoms with Gasteiger partial charge in [-0.15, -0.1) is 0 Å². The number of sulfonamides is 1. The molecule has 0 unspecified atom stereocenters. The van der Waals surface area contributed by atoms with E-state index in [0.29, 0.717) is 28.4 Å². The number of nitrogen functional groups attached to an aromatic ring is 1. The molecule has 0 spiro atoms. The first-order valence-corrected chi connectivity index (χ1v) is 9.49. The summed E-state index contributed by atoms with van der Waals surface area (Å²) < 4.78 is 27.5. The van der Waals surface area contributed by atoms with Crippen molar-refractivity contribution in [2.24, 2.45) is 0 Å². The molecule has 0 aliphatic carbocycles. The number of aryl methyl sites for hydroxylation is 1. The summed E-state index contributed by atoms with van der Waals surface area (Å²) in [6.45, 7) is 5.92. The van der Waals surface area contributed by atoms with Crippen molar-refractivity contribution in [3.63, 3.8) is 0 Å². The molecule has 0 atom stereocenters. The number of anilines is 1. The van der Waals surface area contributed by atoms with Crippen LogP contribution in [0, 0.1) is 20.8 Å². The summed E-state index contributed by atoms with van der Waals surface area (Å²) in [5, 5.41) is 8.68. The fourth-order valence-electron chi connectivity index (χ4n) is 2.03. The van der Waals surface area contributed by atoms with E-state index in [-0.39, 0.29) is 6.61 Å². The SMILES string of the molecule is Cc1cc(N)c(C)c(S(=O)(=O)NCCSCCCO)c1C. The molecule has 1 aromatic rings. The minimum Gasteiger partial charge on any atom is -0.398 e. The van der Waals surface area contributed by atoms with E-state index in [9.17, 15) is 8.42 Å². The Labute approximate surface area is 131 Å². The second kappa shape index (κ2) is 8.03. The predicted molar refractivity (Wildman–Crippen MR) is 89.3 cm³/mol. The first-order valence-electron chi connectivity index (χ1n) is 6.85. The summed E-state index contributed by atoms with van der Waals surface area (Å²) in [6.07, 6.45) is 0.726. The van der Waals surface area contributed by atoms with Gasteiger partial charge in [0.05, 0.1) is 4.90 Å². The Morgan fingerprint density at radius 1 is 1.24 bits per heavy atom. The van der Waals surface area contributed by atoms with Crippen molar-refractivity contribution >= 4 is 27.5 Å². The molecule has 0 amide bonds. The molecule has 7 heteroatoms. The number of nitrogens with two attached hydrogens (primary N) is 1. The van der Waals surface area contributed by atoms with Crippen LogP contribution in [-0.2, 0) is 10.0 Å². The lowest BCUT2D eigenvalue weighted by atomic mass is 10.1. The highest BCUT2D eigenvalue weighted by atomic mass is 32.2. The summed E-state index contributed by atoms with van der Waals surface area (Å²) in [4.78, 5) is 0.292. The smallest absolute Gasteiger partial charge is 0.241 e. The summed E-state index contributed by atoms with van der Waals surface area (Å²) in [5.41, 5.74) is 8.58. The van der Waals surface area contributed by atoms with E-state index in [1.54, 1.807) is 31.7 Å². The van der Waals surface area contributed by atoms with Gasteiger partial charge in [0.1, 0.15) is 0 Å². The molecule has 1 rings (SSSR count). The van der Waals surface area contributed by atoms with Crippen molar-refractivity contribution in [2.75, 3.05) is 30.4 Å². The lowest BCUT2D eigenvalue weighted by molar-refractivity contribution is 0.296. The Kier molecular flexibility index (Phi) is 6.99.